The summed E-state index contributed by atoms with van der Waals surface area (Å²) in [6.45, 7) is 8.62. The van der Waals surface area contributed by atoms with Gasteiger partial charge in [0.25, 0.3) is 10.0 Å². The lowest BCUT2D eigenvalue weighted by Gasteiger charge is -2.19. The van der Waals surface area contributed by atoms with E-state index < -0.39 is 44.6 Å². The smallest absolute Gasteiger partial charge is 0.421 e. The van der Waals surface area contributed by atoms with E-state index >= 15 is 0 Å². The minimum atomic E-state index is -4.35. The SMILES string of the molecule is CC(C)NC(=O)O[C@H]1CO[C@H](c2cnc(Nc3ccc(S(=O)(=O)NC(=O)OC(C)(C)C)cc3F)nc2)C1. The van der Waals surface area contributed by atoms with Gasteiger partial charge in [0.15, 0.2) is 0 Å². The molecule has 37 heavy (non-hydrogen) atoms. The van der Waals surface area contributed by atoms with Crippen LogP contribution in [-0.2, 0) is 24.2 Å². The molecule has 3 N–H and O–H groups in total. The maximum atomic E-state index is 14.6. The van der Waals surface area contributed by atoms with Gasteiger partial charge in [0.1, 0.15) is 17.5 Å². The molecule has 0 unspecified atom stereocenters. The minimum absolute atomic E-state index is 0.0431. The zero-order valence-electron chi connectivity index (χ0n) is 21.1. The number of aromatic nitrogens is 2. The van der Waals surface area contributed by atoms with Crippen molar-refractivity contribution in [1.29, 1.82) is 0 Å². The molecule has 0 spiro atoms. The van der Waals surface area contributed by atoms with Crippen molar-refractivity contribution in [2.24, 2.45) is 0 Å². The average molecular weight is 540 g/mol. The van der Waals surface area contributed by atoms with Gasteiger partial charge in [-0.05, 0) is 52.8 Å². The van der Waals surface area contributed by atoms with Gasteiger partial charge in [-0.15, -0.1) is 0 Å². The molecule has 2 aromatic rings. The highest BCUT2D eigenvalue weighted by molar-refractivity contribution is 7.90. The summed E-state index contributed by atoms with van der Waals surface area (Å²) in [7, 11) is -4.35. The van der Waals surface area contributed by atoms with Crippen LogP contribution in [0, 0.1) is 5.82 Å². The first-order chi connectivity index (χ1) is 17.2. The van der Waals surface area contributed by atoms with Crippen LogP contribution < -0.4 is 15.4 Å². The third-order valence-electron chi connectivity index (χ3n) is 4.80. The Labute approximate surface area is 214 Å². The maximum absolute atomic E-state index is 14.6. The lowest BCUT2D eigenvalue weighted by Crippen LogP contribution is -2.36. The lowest BCUT2D eigenvalue weighted by atomic mass is 10.1. The van der Waals surface area contributed by atoms with Gasteiger partial charge in [-0.3, -0.25) is 0 Å². The van der Waals surface area contributed by atoms with Crippen LogP contribution in [0.3, 0.4) is 0 Å². The van der Waals surface area contributed by atoms with Crippen molar-refractivity contribution in [1.82, 2.24) is 20.0 Å². The Balaban J connectivity index is 1.60. The molecule has 1 fully saturated rings. The second-order valence-corrected chi connectivity index (χ2v) is 11.3. The summed E-state index contributed by atoms with van der Waals surface area (Å²) in [6.07, 6.45) is 0.965. The lowest BCUT2D eigenvalue weighted by molar-refractivity contribution is 0.0570. The highest BCUT2D eigenvalue weighted by atomic mass is 32.2. The van der Waals surface area contributed by atoms with E-state index in [0.717, 1.165) is 12.1 Å². The molecule has 1 aliphatic rings. The molecule has 3 rings (SSSR count). The fraction of sp³-hybridized carbons (Fsp3) is 0.478. The molecule has 1 aromatic heterocycles. The second kappa shape index (κ2) is 11.3. The largest absolute Gasteiger partial charge is 0.444 e. The van der Waals surface area contributed by atoms with Crippen LogP contribution in [-0.4, -0.2) is 54.9 Å². The van der Waals surface area contributed by atoms with Crippen molar-refractivity contribution in [3.63, 3.8) is 0 Å². The third kappa shape index (κ3) is 8.25. The topological polar surface area (TPSA) is 158 Å². The molecular weight excluding hydrogens is 509 g/mol. The number of sulfonamides is 1. The van der Waals surface area contributed by atoms with Crippen molar-refractivity contribution in [2.45, 2.75) is 69.8 Å². The van der Waals surface area contributed by atoms with Crippen LogP contribution in [0.1, 0.15) is 52.7 Å². The fourth-order valence-corrected chi connectivity index (χ4v) is 4.14. The number of rotatable bonds is 7. The van der Waals surface area contributed by atoms with E-state index in [-0.39, 0.29) is 30.4 Å². The first kappa shape index (κ1) is 28.1. The van der Waals surface area contributed by atoms with Gasteiger partial charge in [0, 0.05) is 30.4 Å². The molecular formula is C23H30FN5O7S. The number of nitrogens with one attached hydrogen (secondary N) is 3. The van der Waals surface area contributed by atoms with Crippen molar-refractivity contribution < 1.29 is 36.6 Å². The van der Waals surface area contributed by atoms with E-state index in [4.69, 9.17) is 14.2 Å². The van der Waals surface area contributed by atoms with Crippen LogP contribution in [0.4, 0.5) is 25.6 Å². The minimum Gasteiger partial charge on any atom is -0.444 e. The third-order valence-corrected chi connectivity index (χ3v) is 6.11. The Morgan fingerprint density at radius 2 is 1.84 bits per heavy atom. The first-order valence-corrected chi connectivity index (χ1v) is 12.9. The van der Waals surface area contributed by atoms with Crippen molar-refractivity contribution in [2.75, 3.05) is 11.9 Å². The summed E-state index contributed by atoms with van der Waals surface area (Å²) in [6, 6.07) is 3.01. The monoisotopic (exact) mass is 539 g/mol. The van der Waals surface area contributed by atoms with Crippen molar-refractivity contribution >= 4 is 33.8 Å². The van der Waals surface area contributed by atoms with Gasteiger partial charge >= 0.3 is 12.2 Å². The van der Waals surface area contributed by atoms with E-state index in [1.807, 2.05) is 13.8 Å². The summed E-state index contributed by atoms with van der Waals surface area (Å²) < 4.78 is 57.0. The van der Waals surface area contributed by atoms with Crippen LogP contribution >= 0.6 is 0 Å². The first-order valence-electron chi connectivity index (χ1n) is 11.4. The second-order valence-electron chi connectivity index (χ2n) is 9.60. The predicted octanol–water partition coefficient (Wildman–Crippen LogP) is 3.54. The Morgan fingerprint density at radius 3 is 2.43 bits per heavy atom. The molecule has 2 heterocycles. The highest BCUT2D eigenvalue weighted by Gasteiger charge is 2.30. The number of alkyl carbamates (subject to hydrolysis) is 1. The van der Waals surface area contributed by atoms with Crippen LogP contribution in [0.5, 0.6) is 0 Å². The van der Waals surface area contributed by atoms with Gasteiger partial charge in [0.05, 0.1) is 23.3 Å². The Hall–Kier alpha value is -3.52. The number of ether oxygens (including phenoxy) is 3. The number of benzene rings is 1. The molecule has 0 saturated carbocycles. The van der Waals surface area contributed by atoms with Gasteiger partial charge in [-0.25, -0.2) is 37.1 Å². The fourth-order valence-electron chi connectivity index (χ4n) is 3.26. The molecule has 0 radical (unpaired) electrons. The number of anilines is 2. The number of amides is 2. The normalized spacial score (nSPS) is 17.8. The molecule has 0 bridgehead atoms. The number of halogens is 1. The highest BCUT2D eigenvalue weighted by Crippen LogP contribution is 2.30. The summed E-state index contributed by atoms with van der Waals surface area (Å²) in [5, 5.41) is 5.32. The average Bonchev–Trinajstić information content (AvgIpc) is 3.21. The number of carbonyl (C=O) groups excluding carboxylic acids is 2. The number of hydrogen-bond acceptors (Lipinski definition) is 10. The van der Waals surface area contributed by atoms with E-state index in [1.165, 1.54) is 18.5 Å². The van der Waals surface area contributed by atoms with E-state index in [0.29, 0.717) is 12.0 Å². The molecule has 12 nitrogen and oxygen atoms in total. The zero-order valence-corrected chi connectivity index (χ0v) is 21.9. The number of hydrogen-bond donors (Lipinski definition) is 3. The zero-order chi connectivity index (χ0) is 27.4. The molecule has 2 atom stereocenters. The molecule has 2 amide bonds. The quantitative estimate of drug-likeness (QED) is 0.475. The predicted molar refractivity (Wildman–Crippen MR) is 130 cm³/mol. The van der Waals surface area contributed by atoms with Gasteiger partial charge in [-0.1, -0.05) is 0 Å². The van der Waals surface area contributed by atoms with E-state index in [2.05, 4.69) is 20.6 Å². The summed E-state index contributed by atoms with van der Waals surface area (Å²) in [5.41, 5.74) is -0.334. The summed E-state index contributed by atoms with van der Waals surface area (Å²) >= 11 is 0. The van der Waals surface area contributed by atoms with E-state index in [1.54, 1.807) is 25.5 Å². The van der Waals surface area contributed by atoms with Crippen LogP contribution in [0.25, 0.3) is 0 Å². The Bertz CT molecular complexity index is 1230. The summed E-state index contributed by atoms with van der Waals surface area (Å²) in [4.78, 5) is 31.4. The number of carbonyl (C=O) groups is 2. The van der Waals surface area contributed by atoms with Crippen LogP contribution in [0.2, 0.25) is 0 Å². The Morgan fingerprint density at radius 1 is 1.16 bits per heavy atom. The molecule has 202 valence electrons. The molecule has 1 aromatic carbocycles. The standard InChI is InChI=1S/C23H30FN5O7S/c1-13(2)27-21(30)35-15-8-19(34-12-15)14-10-25-20(26-11-14)28-18-7-6-16(9-17(18)24)37(32,33)29-22(31)36-23(3,4)5/h6-7,9-11,13,15,19H,8,12H2,1-5H3,(H,27,30)(H,29,31)(H,25,26,28)/t15-,19+/m1/s1. The Kier molecular flexibility index (Phi) is 8.53. The molecule has 1 saturated heterocycles. The maximum Gasteiger partial charge on any atom is 0.421 e. The van der Waals surface area contributed by atoms with Crippen molar-refractivity contribution in [3.8, 4) is 0 Å². The van der Waals surface area contributed by atoms with E-state index in [9.17, 15) is 22.4 Å². The molecule has 14 heteroatoms. The summed E-state index contributed by atoms with van der Waals surface area (Å²) in [5.74, 6) is -0.842. The van der Waals surface area contributed by atoms with Gasteiger partial charge < -0.3 is 24.8 Å². The number of nitrogens with zero attached hydrogens (tertiary/aromatic N) is 2. The van der Waals surface area contributed by atoms with Gasteiger partial charge in [-0.2, -0.15) is 0 Å². The van der Waals surface area contributed by atoms with Crippen molar-refractivity contribution in [3.05, 3.63) is 42.0 Å². The van der Waals surface area contributed by atoms with Crippen LogP contribution in [0.15, 0.2) is 35.5 Å². The van der Waals surface area contributed by atoms with Gasteiger partial charge in [0.2, 0.25) is 5.95 Å². The molecule has 0 aliphatic carbocycles. The molecule has 1 aliphatic heterocycles.